The Bertz CT molecular complexity index is 483. The van der Waals surface area contributed by atoms with Crippen LogP contribution in [0, 0.1) is 0 Å². The number of carbonyl (C=O) groups is 1. The quantitative estimate of drug-likeness (QED) is 0.876. The van der Waals surface area contributed by atoms with E-state index in [2.05, 4.69) is 4.74 Å². The summed E-state index contributed by atoms with van der Waals surface area (Å²) >= 11 is 0. The molecule has 21 heavy (non-hydrogen) atoms. The highest BCUT2D eigenvalue weighted by Gasteiger charge is 2.40. The maximum absolute atomic E-state index is 12.1. The van der Waals surface area contributed by atoms with E-state index in [4.69, 9.17) is 0 Å². The molecule has 0 aliphatic rings. The second kappa shape index (κ2) is 6.34. The summed E-state index contributed by atoms with van der Waals surface area (Å²) < 4.78 is 40.1. The largest absolute Gasteiger partial charge is 0.573 e. The smallest absolute Gasteiger partial charge is 0.480 e. The van der Waals surface area contributed by atoms with E-state index in [1.54, 1.807) is 4.90 Å². The van der Waals surface area contributed by atoms with Crippen molar-refractivity contribution in [3.63, 3.8) is 0 Å². The number of alkyl halides is 3. The van der Waals surface area contributed by atoms with Gasteiger partial charge in [0.25, 0.3) is 0 Å². The fourth-order valence-corrected chi connectivity index (χ4v) is 2.28. The van der Waals surface area contributed by atoms with Crippen LogP contribution in [0.5, 0.6) is 5.75 Å². The standard InChI is InChI=1S/C14H18F3NO3/c1-4-18(5-2)13(3,12(19)20)10-6-8-11(9-7-10)21-14(15,16)17/h6-9H,4-5H2,1-3H3,(H,19,20). The lowest BCUT2D eigenvalue weighted by atomic mass is 9.90. The van der Waals surface area contributed by atoms with Gasteiger partial charge in [-0.1, -0.05) is 26.0 Å². The number of nitrogens with zero attached hydrogens (tertiary/aromatic N) is 1. The summed E-state index contributed by atoms with van der Waals surface area (Å²) in [6.45, 7) is 6.18. The van der Waals surface area contributed by atoms with Crippen LogP contribution in [-0.4, -0.2) is 35.4 Å². The predicted octanol–water partition coefficient (Wildman–Crippen LogP) is 3.23. The third kappa shape index (κ3) is 3.87. The normalized spacial score (nSPS) is 14.8. The lowest BCUT2D eigenvalue weighted by Gasteiger charge is -2.37. The van der Waals surface area contributed by atoms with Crippen LogP contribution in [-0.2, 0) is 10.3 Å². The van der Waals surface area contributed by atoms with E-state index in [1.807, 2.05) is 13.8 Å². The summed E-state index contributed by atoms with van der Waals surface area (Å²) in [6.07, 6.45) is -4.77. The van der Waals surface area contributed by atoms with Crippen molar-refractivity contribution in [3.8, 4) is 5.75 Å². The molecule has 1 N–H and O–H groups in total. The average molecular weight is 305 g/mol. The maximum Gasteiger partial charge on any atom is 0.573 e. The van der Waals surface area contributed by atoms with Crippen LogP contribution in [0.3, 0.4) is 0 Å². The van der Waals surface area contributed by atoms with Gasteiger partial charge in [-0.2, -0.15) is 0 Å². The molecular formula is C14H18F3NO3. The highest BCUT2D eigenvalue weighted by molar-refractivity contribution is 5.80. The number of likely N-dealkylation sites (N-methyl/N-ethyl adjacent to an activating group) is 1. The molecule has 1 rings (SSSR count). The topological polar surface area (TPSA) is 49.8 Å². The van der Waals surface area contributed by atoms with E-state index in [1.165, 1.54) is 19.1 Å². The number of carboxylic acids is 1. The first-order valence-corrected chi connectivity index (χ1v) is 6.49. The molecule has 0 amide bonds. The lowest BCUT2D eigenvalue weighted by Crippen LogP contribution is -2.49. The molecule has 0 heterocycles. The Morgan fingerprint density at radius 2 is 1.67 bits per heavy atom. The number of aliphatic carboxylic acids is 1. The van der Waals surface area contributed by atoms with E-state index in [0.717, 1.165) is 12.1 Å². The molecule has 1 aromatic carbocycles. The van der Waals surface area contributed by atoms with Crippen LogP contribution >= 0.6 is 0 Å². The van der Waals surface area contributed by atoms with Gasteiger partial charge in [-0.15, -0.1) is 13.2 Å². The molecule has 0 saturated carbocycles. The zero-order chi connectivity index (χ0) is 16.3. The number of benzene rings is 1. The highest BCUT2D eigenvalue weighted by Crippen LogP contribution is 2.31. The highest BCUT2D eigenvalue weighted by atomic mass is 19.4. The molecule has 0 radical (unpaired) electrons. The number of hydrogen-bond acceptors (Lipinski definition) is 3. The minimum atomic E-state index is -4.77. The van der Waals surface area contributed by atoms with Gasteiger partial charge in [0.05, 0.1) is 0 Å². The molecular weight excluding hydrogens is 287 g/mol. The van der Waals surface area contributed by atoms with Gasteiger partial charge in [0.1, 0.15) is 11.3 Å². The Balaban J connectivity index is 3.14. The summed E-state index contributed by atoms with van der Waals surface area (Å²) in [5.74, 6) is -1.44. The Kier molecular flexibility index (Phi) is 5.22. The Morgan fingerprint density at radius 1 is 1.19 bits per heavy atom. The third-order valence-corrected chi connectivity index (χ3v) is 3.46. The zero-order valence-corrected chi connectivity index (χ0v) is 12.1. The molecule has 1 unspecified atom stereocenters. The fraction of sp³-hybridized carbons (Fsp3) is 0.500. The second-order valence-electron chi connectivity index (χ2n) is 4.62. The summed E-state index contributed by atoms with van der Waals surface area (Å²) in [5, 5.41) is 9.52. The number of halogens is 3. The van der Waals surface area contributed by atoms with E-state index < -0.39 is 17.9 Å². The molecule has 7 heteroatoms. The van der Waals surface area contributed by atoms with E-state index in [0.29, 0.717) is 18.7 Å². The van der Waals surface area contributed by atoms with Crippen molar-refractivity contribution < 1.29 is 27.8 Å². The van der Waals surface area contributed by atoms with Crippen LogP contribution in [0.15, 0.2) is 24.3 Å². The van der Waals surface area contributed by atoms with Crippen molar-refractivity contribution in [1.82, 2.24) is 4.90 Å². The van der Waals surface area contributed by atoms with Crippen LogP contribution in [0.4, 0.5) is 13.2 Å². The first-order valence-electron chi connectivity index (χ1n) is 6.49. The molecule has 1 atom stereocenters. The van der Waals surface area contributed by atoms with Crippen LogP contribution in [0.2, 0.25) is 0 Å². The SMILES string of the molecule is CCN(CC)C(C)(C(=O)O)c1ccc(OC(F)(F)F)cc1. The molecule has 0 bridgehead atoms. The maximum atomic E-state index is 12.1. The third-order valence-electron chi connectivity index (χ3n) is 3.46. The molecule has 0 aromatic heterocycles. The van der Waals surface area contributed by atoms with Crippen molar-refractivity contribution in [2.24, 2.45) is 0 Å². The van der Waals surface area contributed by atoms with Crippen molar-refractivity contribution in [2.75, 3.05) is 13.1 Å². The van der Waals surface area contributed by atoms with E-state index in [9.17, 15) is 23.1 Å². The lowest BCUT2D eigenvalue weighted by molar-refractivity contribution is -0.274. The number of rotatable bonds is 6. The molecule has 118 valence electrons. The Hall–Kier alpha value is -1.76. The van der Waals surface area contributed by atoms with Crippen LogP contribution < -0.4 is 4.74 Å². The second-order valence-corrected chi connectivity index (χ2v) is 4.62. The van der Waals surface area contributed by atoms with Crippen molar-refractivity contribution in [3.05, 3.63) is 29.8 Å². The summed E-state index contributed by atoms with van der Waals surface area (Å²) in [7, 11) is 0. The number of ether oxygens (including phenoxy) is 1. The summed E-state index contributed by atoms with van der Waals surface area (Å²) in [6, 6.07) is 4.92. The number of carboxylic acid groups (broad SMARTS) is 1. The molecule has 1 aromatic rings. The van der Waals surface area contributed by atoms with E-state index >= 15 is 0 Å². The predicted molar refractivity (Wildman–Crippen MR) is 71.0 cm³/mol. The fourth-order valence-electron chi connectivity index (χ4n) is 2.28. The van der Waals surface area contributed by atoms with Gasteiger partial charge in [-0.25, -0.2) is 4.79 Å². The number of hydrogen-bond donors (Lipinski definition) is 1. The van der Waals surface area contributed by atoms with Crippen molar-refractivity contribution in [2.45, 2.75) is 32.7 Å². The first-order chi connectivity index (χ1) is 9.65. The monoisotopic (exact) mass is 305 g/mol. The van der Waals surface area contributed by atoms with E-state index in [-0.39, 0.29) is 5.75 Å². The van der Waals surface area contributed by atoms with Gasteiger partial charge < -0.3 is 9.84 Å². The van der Waals surface area contributed by atoms with Crippen LogP contribution in [0.1, 0.15) is 26.3 Å². The van der Waals surface area contributed by atoms with Crippen molar-refractivity contribution in [1.29, 1.82) is 0 Å². The van der Waals surface area contributed by atoms with Gasteiger partial charge in [0, 0.05) is 0 Å². The zero-order valence-electron chi connectivity index (χ0n) is 12.1. The van der Waals surface area contributed by atoms with Crippen LogP contribution in [0.25, 0.3) is 0 Å². The van der Waals surface area contributed by atoms with Gasteiger partial charge >= 0.3 is 12.3 Å². The Labute approximate surface area is 121 Å². The first kappa shape index (κ1) is 17.3. The van der Waals surface area contributed by atoms with Gasteiger partial charge in [0.2, 0.25) is 0 Å². The molecule has 0 saturated heterocycles. The van der Waals surface area contributed by atoms with Gasteiger partial charge in [0.15, 0.2) is 0 Å². The van der Waals surface area contributed by atoms with Crippen molar-refractivity contribution >= 4 is 5.97 Å². The van der Waals surface area contributed by atoms with Gasteiger partial charge in [-0.3, -0.25) is 4.90 Å². The summed E-state index contributed by atoms with van der Waals surface area (Å²) in [4.78, 5) is 13.4. The molecule has 4 nitrogen and oxygen atoms in total. The molecule has 0 spiro atoms. The summed E-state index contributed by atoms with van der Waals surface area (Å²) in [5.41, 5.74) is -0.909. The molecule has 0 fully saturated rings. The average Bonchev–Trinajstić information content (AvgIpc) is 2.38. The molecule has 0 aliphatic carbocycles. The molecule has 0 aliphatic heterocycles. The minimum absolute atomic E-state index is 0.376. The minimum Gasteiger partial charge on any atom is -0.480 e. The Morgan fingerprint density at radius 3 is 2.00 bits per heavy atom. The van der Waals surface area contributed by atoms with Gasteiger partial charge in [-0.05, 0) is 37.7 Å².